The van der Waals surface area contributed by atoms with Crippen LogP contribution in [-0.2, 0) is 6.42 Å². The van der Waals surface area contributed by atoms with Gasteiger partial charge in [-0.15, -0.1) is 0 Å². The molecule has 0 aliphatic rings. The number of nitrogens with zero attached hydrogens (tertiary/aromatic N) is 2. The molecular weight excluding hydrogens is 248 g/mol. The van der Waals surface area contributed by atoms with Crippen LogP contribution in [0.15, 0.2) is 72.9 Å². The molecule has 100 valence electrons. The number of aliphatic hydroxyl groups is 1. The van der Waals surface area contributed by atoms with Crippen LogP contribution in [-0.4, -0.2) is 14.9 Å². The van der Waals surface area contributed by atoms with E-state index in [-0.39, 0.29) is 0 Å². The standard InChI is InChI=1S/C17H16N2O/c20-17(13-14-7-3-1-4-8-14)16-11-12-19(18-16)15-9-5-2-6-10-15/h1-12,17,20H,13H2. The van der Waals surface area contributed by atoms with Crippen molar-refractivity contribution in [2.24, 2.45) is 0 Å². The van der Waals surface area contributed by atoms with Gasteiger partial charge in [0.15, 0.2) is 0 Å². The highest BCUT2D eigenvalue weighted by atomic mass is 16.3. The van der Waals surface area contributed by atoms with Crippen molar-refractivity contribution >= 4 is 0 Å². The summed E-state index contributed by atoms with van der Waals surface area (Å²) in [6.45, 7) is 0. The molecule has 2 aromatic carbocycles. The van der Waals surface area contributed by atoms with E-state index in [4.69, 9.17) is 0 Å². The Balaban J connectivity index is 1.77. The number of aliphatic hydroxyl groups excluding tert-OH is 1. The maximum Gasteiger partial charge on any atom is 0.102 e. The van der Waals surface area contributed by atoms with Gasteiger partial charge in [0.2, 0.25) is 0 Å². The molecular formula is C17H16N2O. The van der Waals surface area contributed by atoms with Crippen LogP contribution in [0.4, 0.5) is 0 Å². The number of para-hydroxylation sites is 1. The van der Waals surface area contributed by atoms with Gasteiger partial charge in [0.1, 0.15) is 6.10 Å². The first-order valence-electron chi connectivity index (χ1n) is 6.66. The van der Waals surface area contributed by atoms with E-state index in [9.17, 15) is 5.11 Å². The van der Waals surface area contributed by atoms with Crippen molar-refractivity contribution in [3.05, 3.63) is 84.2 Å². The van der Waals surface area contributed by atoms with Crippen molar-refractivity contribution in [2.45, 2.75) is 12.5 Å². The highest BCUT2D eigenvalue weighted by Gasteiger charge is 2.12. The van der Waals surface area contributed by atoms with Crippen LogP contribution in [0.5, 0.6) is 0 Å². The SMILES string of the molecule is OC(Cc1ccccc1)c1ccn(-c2ccccc2)n1. The molecule has 0 saturated heterocycles. The monoisotopic (exact) mass is 264 g/mol. The molecule has 20 heavy (non-hydrogen) atoms. The lowest BCUT2D eigenvalue weighted by Gasteiger charge is -2.07. The van der Waals surface area contributed by atoms with E-state index in [1.165, 1.54) is 0 Å². The van der Waals surface area contributed by atoms with Gasteiger partial charge in [0.25, 0.3) is 0 Å². The molecule has 1 heterocycles. The van der Waals surface area contributed by atoms with Crippen molar-refractivity contribution in [2.75, 3.05) is 0 Å². The molecule has 0 saturated carbocycles. The van der Waals surface area contributed by atoms with Gasteiger partial charge in [-0.2, -0.15) is 5.10 Å². The molecule has 1 N–H and O–H groups in total. The van der Waals surface area contributed by atoms with Gasteiger partial charge < -0.3 is 5.11 Å². The molecule has 0 radical (unpaired) electrons. The fourth-order valence-corrected chi connectivity index (χ4v) is 2.18. The third-order valence-electron chi connectivity index (χ3n) is 3.24. The minimum Gasteiger partial charge on any atom is -0.386 e. The molecule has 3 nitrogen and oxygen atoms in total. The van der Waals surface area contributed by atoms with E-state index in [1.807, 2.05) is 72.9 Å². The maximum atomic E-state index is 10.3. The first-order valence-corrected chi connectivity index (χ1v) is 6.66. The number of hydrogen-bond donors (Lipinski definition) is 1. The van der Waals surface area contributed by atoms with E-state index in [0.717, 1.165) is 11.3 Å². The van der Waals surface area contributed by atoms with Crippen molar-refractivity contribution in [1.29, 1.82) is 0 Å². The largest absolute Gasteiger partial charge is 0.386 e. The van der Waals surface area contributed by atoms with Gasteiger partial charge in [0.05, 0.1) is 11.4 Å². The summed E-state index contributed by atoms with van der Waals surface area (Å²) in [5, 5.41) is 14.7. The van der Waals surface area contributed by atoms with Gasteiger partial charge in [-0.05, 0) is 23.8 Å². The molecule has 3 aromatic rings. The fraction of sp³-hybridized carbons (Fsp3) is 0.118. The quantitative estimate of drug-likeness (QED) is 0.786. The van der Waals surface area contributed by atoms with Crippen LogP contribution in [0, 0.1) is 0 Å². The molecule has 0 aliphatic carbocycles. The highest BCUT2D eigenvalue weighted by Crippen LogP contribution is 2.17. The topological polar surface area (TPSA) is 38.0 Å². The molecule has 0 fully saturated rings. The summed E-state index contributed by atoms with van der Waals surface area (Å²) in [6.07, 6.45) is 1.87. The Kier molecular flexibility index (Phi) is 3.61. The van der Waals surface area contributed by atoms with E-state index in [0.29, 0.717) is 12.1 Å². The molecule has 3 rings (SSSR count). The first kappa shape index (κ1) is 12.6. The summed E-state index contributed by atoms with van der Waals surface area (Å²) >= 11 is 0. The molecule has 1 atom stereocenters. The van der Waals surface area contributed by atoms with Crippen LogP contribution in [0.1, 0.15) is 17.4 Å². The fourth-order valence-electron chi connectivity index (χ4n) is 2.18. The third kappa shape index (κ3) is 2.78. The summed E-state index contributed by atoms with van der Waals surface area (Å²) in [5.74, 6) is 0. The summed E-state index contributed by atoms with van der Waals surface area (Å²) in [7, 11) is 0. The average Bonchev–Trinajstić information content (AvgIpc) is 2.99. The Bertz CT molecular complexity index is 662. The third-order valence-corrected chi connectivity index (χ3v) is 3.24. The molecule has 3 heteroatoms. The zero-order chi connectivity index (χ0) is 13.8. The number of aromatic nitrogens is 2. The Morgan fingerprint density at radius 2 is 1.55 bits per heavy atom. The molecule has 0 amide bonds. The maximum absolute atomic E-state index is 10.3. The molecule has 0 spiro atoms. The van der Waals surface area contributed by atoms with E-state index in [1.54, 1.807) is 4.68 Å². The minimum absolute atomic E-state index is 0.576. The number of hydrogen-bond acceptors (Lipinski definition) is 2. The molecule has 1 unspecified atom stereocenters. The van der Waals surface area contributed by atoms with Gasteiger partial charge >= 0.3 is 0 Å². The Morgan fingerprint density at radius 1 is 0.900 bits per heavy atom. The van der Waals surface area contributed by atoms with Gasteiger partial charge in [-0.25, -0.2) is 4.68 Å². The average molecular weight is 264 g/mol. The lowest BCUT2D eigenvalue weighted by atomic mass is 10.1. The van der Waals surface area contributed by atoms with Gasteiger partial charge in [-0.1, -0.05) is 48.5 Å². The Hall–Kier alpha value is -2.39. The smallest absolute Gasteiger partial charge is 0.102 e. The van der Waals surface area contributed by atoms with Gasteiger partial charge in [-0.3, -0.25) is 0 Å². The summed E-state index contributed by atoms with van der Waals surface area (Å²) in [4.78, 5) is 0. The van der Waals surface area contributed by atoms with Crippen molar-refractivity contribution in [1.82, 2.24) is 9.78 Å². The van der Waals surface area contributed by atoms with E-state index >= 15 is 0 Å². The first-order chi connectivity index (χ1) is 9.83. The minimum atomic E-state index is -0.581. The van der Waals surface area contributed by atoms with Crippen molar-refractivity contribution < 1.29 is 5.11 Å². The van der Waals surface area contributed by atoms with Crippen LogP contribution in [0.2, 0.25) is 0 Å². The zero-order valence-electron chi connectivity index (χ0n) is 11.1. The van der Waals surface area contributed by atoms with E-state index < -0.39 is 6.10 Å². The second kappa shape index (κ2) is 5.72. The van der Waals surface area contributed by atoms with Crippen LogP contribution in [0.25, 0.3) is 5.69 Å². The second-order valence-electron chi connectivity index (χ2n) is 4.73. The zero-order valence-corrected chi connectivity index (χ0v) is 11.1. The predicted molar refractivity (Wildman–Crippen MR) is 78.7 cm³/mol. The molecule has 1 aromatic heterocycles. The van der Waals surface area contributed by atoms with Crippen LogP contribution in [0.3, 0.4) is 0 Å². The molecule has 0 aliphatic heterocycles. The predicted octanol–water partition coefficient (Wildman–Crippen LogP) is 3.15. The summed E-state index contributed by atoms with van der Waals surface area (Å²) in [5.41, 5.74) is 2.79. The Morgan fingerprint density at radius 3 is 2.25 bits per heavy atom. The summed E-state index contributed by atoms with van der Waals surface area (Å²) in [6, 6.07) is 21.7. The lowest BCUT2D eigenvalue weighted by Crippen LogP contribution is -2.04. The van der Waals surface area contributed by atoms with Crippen molar-refractivity contribution in [3.63, 3.8) is 0 Å². The number of benzene rings is 2. The highest BCUT2D eigenvalue weighted by molar-refractivity contribution is 5.30. The second-order valence-corrected chi connectivity index (χ2v) is 4.73. The van der Waals surface area contributed by atoms with Gasteiger partial charge in [0, 0.05) is 12.6 Å². The van der Waals surface area contributed by atoms with Crippen molar-refractivity contribution in [3.8, 4) is 5.69 Å². The summed E-state index contributed by atoms with van der Waals surface area (Å²) < 4.78 is 1.78. The number of rotatable bonds is 4. The molecule has 0 bridgehead atoms. The van der Waals surface area contributed by atoms with Crippen LogP contribution < -0.4 is 0 Å². The lowest BCUT2D eigenvalue weighted by molar-refractivity contribution is 0.173. The van der Waals surface area contributed by atoms with Crippen LogP contribution >= 0.6 is 0 Å². The normalized spacial score (nSPS) is 12.2. The van der Waals surface area contributed by atoms with E-state index in [2.05, 4.69) is 5.10 Å². The Labute approximate surface area is 118 Å².